The number of amides is 1. The quantitative estimate of drug-likeness (QED) is 0.374. The molecule has 12 heteroatoms. The van der Waals surface area contributed by atoms with E-state index in [-0.39, 0.29) is 31.2 Å². The molecule has 162 valence electrons. The summed E-state index contributed by atoms with van der Waals surface area (Å²) < 4.78 is 33.2. The van der Waals surface area contributed by atoms with Crippen molar-refractivity contribution in [1.82, 2.24) is 0 Å². The molecule has 3 aromatic rings. The zero-order valence-corrected chi connectivity index (χ0v) is 20.1. The number of nitrogens with one attached hydrogen (secondary N) is 2. The Morgan fingerprint density at radius 3 is 2.32 bits per heavy atom. The minimum Gasteiger partial charge on any atom is -0.452 e. The molecule has 2 aromatic carbocycles. The number of hydrogen-bond acceptors (Lipinski definition) is 6. The van der Waals surface area contributed by atoms with Gasteiger partial charge < -0.3 is 10.1 Å². The molecule has 0 saturated carbocycles. The maximum Gasteiger partial charge on any atom is 0.340 e. The van der Waals surface area contributed by atoms with Gasteiger partial charge in [0.25, 0.3) is 15.9 Å². The highest BCUT2D eigenvalue weighted by Gasteiger charge is 2.21. The summed E-state index contributed by atoms with van der Waals surface area (Å²) in [7, 11) is -3.91. The van der Waals surface area contributed by atoms with E-state index in [1.54, 1.807) is 36.4 Å². The molecular weight excluding hydrogens is 551 g/mol. The number of rotatable bonds is 7. The third kappa shape index (κ3) is 5.98. The Kier molecular flexibility index (Phi) is 7.60. The third-order valence-corrected chi connectivity index (χ3v) is 7.88. The lowest BCUT2D eigenvalue weighted by Gasteiger charge is -2.12. The molecule has 31 heavy (non-hydrogen) atoms. The van der Waals surface area contributed by atoms with Gasteiger partial charge in [0, 0.05) is 0 Å². The molecule has 0 aliphatic rings. The molecule has 2 N–H and O–H groups in total. The van der Waals surface area contributed by atoms with E-state index in [1.807, 2.05) is 0 Å². The van der Waals surface area contributed by atoms with Crippen molar-refractivity contribution >= 4 is 83.7 Å². The van der Waals surface area contributed by atoms with Crippen molar-refractivity contribution < 1.29 is 22.7 Å². The first-order valence-corrected chi connectivity index (χ1v) is 12.3. The Hall–Kier alpha value is -2.11. The Labute approximate surface area is 200 Å². The molecule has 1 heterocycles. The smallest absolute Gasteiger partial charge is 0.340 e. The van der Waals surface area contributed by atoms with Crippen molar-refractivity contribution in [2.45, 2.75) is 4.21 Å². The molecule has 0 fully saturated rings. The van der Waals surface area contributed by atoms with Crippen LogP contribution in [0.4, 0.5) is 11.4 Å². The van der Waals surface area contributed by atoms with Crippen LogP contribution in [0, 0.1) is 0 Å². The number of carbonyl (C=O) groups is 2. The number of hydrogen-bond donors (Lipinski definition) is 2. The van der Waals surface area contributed by atoms with Crippen LogP contribution in [-0.4, -0.2) is 26.9 Å². The van der Waals surface area contributed by atoms with Crippen LogP contribution in [0.1, 0.15) is 10.4 Å². The molecule has 0 bridgehead atoms. The Bertz CT molecular complexity index is 1230. The van der Waals surface area contributed by atoms with E-state index in [4.69, 9.17) is 27.9 Å². The summed E-state index contributed by atoms with van der Waals surface area (Å²) in [6, 6.07) is 13.6. The fourth-order valence-corrected chi connectivity index (χ4v) is 5.97. The van der Waals surface area contributed by atoms with Gasteiger partial charge in [-0.2, -0.15) is 0 Å². The molecule has 0 unspecified atom stereocenters. The Balaban J connectivity index is 1.69. The second kappa shape index (κ2) is 10.0. The summed E-state index contributed by atoms with van der Waals surface area (Å²) in [4.78, 5) is 24.6. The van der Waals surface area contributed by atoms with Gasteiger partial charge in [0.15, 0.2) is 6.61 Å². The van der Waals surface area contributed by atoms with Crippen LogP contribution in [0.15, 0.2) is 62.6 Å². The van der Waals surface area contributed by atoms with E-state index >= 15 is 0 Å². The van der Waals surface area contributed by atoms with Crippen LogP contribution in [-0.2, 0) is 19.6 Å². The molecule has 0 spiro atoms. The van der Waals surface area contributed by atoms with Crippen LogP contribution in [0.2, 0.25) is 10.0 Å². The standard InChI is InChI=1S/C19H13BrCl2N2O5S2/c20-15-8-9-17(30-15)31(27,28)24-14-7-2-1-4-11(14)19(26)29-10-16(25)23-18-12(21)5-3-6-13(18)22/h1-9,24H,10H2,(H,23,25). The summed E-state index contributed by atoms with van der Waals surface area (Å²) in [5, 5.41) is 2.93. The lowest BCUT2D eigenvalue weighted by molar-refractivity contribution is -0.119. The van der Waals surface area contributed by atoms with Crippen molar-refractivity contribution in [3.05, 3.63) is 74.0 Å². The lowest BCUT2D eigenvalue weighted by atomic mass is 10.2. The number of halogens is 3. The molecule has 0 atom stereocenters. The summed E-state index contributed by atoms with van der Waals surface area (Å²) in [5.41, 5.74) is 0.166. The number of carbonyl (C=O) groups excluding carboxylic acids is 2. The highest BCUT2D eigenvalue weighted by Crippen LogP contribution is 2.30. The maximum atomic E-state index is 12.6. The second-order valence-corrected chi connectivity index (χ2v) is 11.1. The first kappa shape index (κ1) is 23.6. The van der Waals surface area contributed by atoms with Crippen molar-refractivity contribution in [2.75, 3.05) is 16.6 Å². The van der Waals surface area contributed by atoms with Crippen molar-refractivity contribution in [1.29, 1.82) is 0 Å². The average Bonchev–Trinajstić information content (AvgIpc) is 3.16. The van der Waals surface area contributed by atoms with Crippen LogP contribution < -0.4 is 10.0 Å². The third-order valence-electron chi connectivity index (χ3n) is 3.77. The Morgan fingerprint density at radius 2 is 1.68 bits per heavy atom. The number of benzene rings is 2. The summed E-state index contributed by atoms with van der Waals surface area (Å²) in [6.07, 6.45) is 0. The van der Waals surface area contributed by atoms with Gasteiger partial charge in [0.05, 0.1) is 30.8 Å². The molecule has 0 aliphatic heterocycles. The summed E-state index contributed by atoms with van der Waals surface area (Å²) >= 11 is 16.2. The van der Waals surface area contributed by atoms with Crippen molar-refractivity contribution in [2.24, 2.45) is 0 Å². The number of thiophene rings is 1. The van der Waals surface area contributed by atoms with E-state index in [1.165, 1.54) is 18.2 Å². The van der Waals surface area contributed by atoms with Crippen molar-refractivity contribution in [3.8, 4) is 0 Å². The predicted molar refractivity (Wildman–Crippen MR) is 125 cm³/mol. The van der Waals surface area contributed by atoms with Crippen LogP contribution in [0.25, 0.3) is 0 Å². The zero-order chi connectivity index (χ0) is 22.6. The second-order valence-electron chi connectivity index (χ2n) is 5.93. The maximum absolute atomic E-state index is 12.6. The Morgan fingerprint density at radius 1 is 1.00 bits per heavy atom. The number of esters is 1. The largest absolute Gasteiger partial charge is 0.452 e. The van der Waals surface area contributed by atoms with Gasteiger partial charge in [0.1, 0.15) is 4.21 Å². The first-order chi connectivity index (χ1) is 14.7. The fourth-order valence-electron chi connectivity index (χ4n) is 2.39. The van der Waals surface area contributed by atoms with Crippen LogP contribution in [0.5, 0.6) is 0 Å². The zero-order valence-electron chi connectivity index (χ0n) is 15.4. The molecular formula is C19H13BrCl2N2O5S2. The van der Waals surface area contributed by atoms with Crippen molar-refractivity contribution in [3.63, 3.8) is 0 Å². The molecule has 0 radical (unpaired) electrons. The monoisotopic (exact) mass is 562 g/mol. The van der Waals surface area contributed by atoms with Gasteiger partial charge in [-0.25, -0.2) is 13.2 Å². The van der Waals surface area contributed by atoms with E-state index < -0.39 is 28.5 Å². The minimum atomic E-state index is -3.91. The van der Waals surface area contributed by atoms with Gasteiger partial charge in [-0.1, -0.05) is 41.4 Å². The minimum absolute atomic E-state index is 0.0200. The van der Waals surface area contributed by atoms with Gasteiger partial charge in [0.2, 0.25) is 0 Å². The van der Waals surface area contributed by atoms with E-state index in [0.29, 0.717) is 3.79 Å². The summed E-state index contributed by atoms with van der Waals surface area (Å²) in [5.74, 6) is -1.55. The molecule has 1 amide bonds. The van der Waals surface area contributed by atoms with Gasteiger partial charge >= 0.3 is 5.97 Å². The predicted octanol–water partition coefficient (Wildman–Crippen LogP) is 5.41. The highest BCUT2D eigenvalue weighted by molar-refractivity contribution is 9.11. The number of sulfonamides is 1. The van der Waals surface area contributed by atoms with E-state index in [9.17, 15) is 18.0 Å². The molecule has 3 rings (SSSR count). The van der Waals surface area contributed by atoms with Crippen LogP contribution in [0.3, 0.4) is 0 Å². The molecule has 0 aliphatic carbocycles. The van der Waals surface area contributed by atoms with Gasteiger partial charge in [-0.15, -0.1) is 11.3 Å². The number of anilines is 2. The van der Waals surface area contributed by atoms with E-state index in [2.05, 4.69) is 26.0 Å². The fraction of sp³-hybridized carbons (Fsp3) is 0.0526. The lowest BCUT2D eigenvalue weighted by Crippen LogP contribution is -2.22. The molecule has 7 nitrogen and oxygen atoms in total. The normalized spacial score (nSPS) is 11.1. The number of ether oxygens (including phenoxy) is 1. The van der Waals surface area contributed by atoms with Gasteiger partial charge in [-0.3, -0.25) is 9.52 Å². The first-order valence-electron chi connectivity index (χ1n) is 8.45. The average molecular weight is 564 g/mol. The van der Waals surface area contributed by atoms with Gasteiger partial charge in [-0.05, 0) is 52.3 Å². The highest BCUT2D eigenvalue weighted by atomic mass is 79.9. The van der Waals surface area contributed by atoms with E-state index in [0.717, 1.165) is 11.3 Å². The SMILES string of the molecule is O=C(COC(=O)c1ccccc1NS(=O)(=O)c1ccc(Br)s1)Nc1c(Cl)cccc1Cl. The number of para-hydroxylation sites is 2. The summed E-state index contributed by atoms with van der Waals surface area (Å²) in [6.45, 7) is -0.626. The topological polar surface area (TPSA) is 102 Å². The molecule has 0 saturated heterocycles. The van der Waals surface area contributed by atoms with Crippen LogP contribution >= 0.6 is 50.5 Å². The molecule has 1 aromatic heterocycles.